The van der Waals surface area contributed by atoms with Crippen molar-refractivity contribution in [1.82, 2.24) is 4.98 Å². The van der Waals surface area contributed by atoms with Crippen molar-refractivity contribution in [3.63, 3.8) is 0 Å². The molecule has 4 nitrogen and oxygen atoms in total. The van der Waals surface area contributed by atoms with Gasteiger partial charge in [0, 0.05) is 13.2 Å². The molecule has 1 atom stereocenters. The lowest BCUT2D eigenvalue weighted by molar-refractivity contribution is 0.239. The fraction of sp³-hybridized carbons (Fsp3) is 0.583. The highest BCUT2D eigenvalue weighted by Gasteiger charge is 2.15. The number of aliphatic hydroxyl groups excluding tert-OH is 1. The third-order valence-electron chi connectivity index (χ3n) is 2.37. The largest absolute Gasteiger partial charge is 0.487 e. The lowest BCUT2D eigenvalue weighted by Gasteiger charge is -2.26. The zero-order valence-corrected chi connectivity index (χ0v) is 10.3. The number of rotatable bonds is 5. The minimum atomic E-state index is 0.0180. The normalized spacial score (nSPS) is 12.6. The first-order valence-electron chi connectivity index (χ1n) is 5.51. The molecule has 0 saturated heterocycles. The zero-order chi connectivity index (χ0) is 12.1. The number of ether oxygens (including phenoxy) is 1. The molecule has 90 valence electrons. The van der Waals surface area contributed by atoms with Crippen molar-refractivity contribution in [3.05, 3.63) is 18.3 Å². The first-order chi connectivity index (χ1) is 7.56. The first-order valence-corrected chi connectivity index (χ1v) is 5.51. The summed E-state index contributed by atoms with van der Waals surface area (Å²) in [6, 6.07) is 3.76. The number of hydrogen-bond donors (Lipinski definition) is 1. The summed E-state index contributed by atoms with van der Waals surface area (Å²) < 4.78 is 5.68. The molecule has 0 amide bonds. The molecule has 1 heterocycles. The number of pyridine rings is 1. The Labute approximate surface area is 96.9 Å². The van der Waals surface area contributed by atoms with E-state index >= 15 is 0 Å². The van der Waals surface area contributed by atoms with E-state index in [1.54, 1.807) is 6.20 Å². The Morgan fingerprint density at radius 3 is 2.69 bits per heavy atom. The van der Waals surface area contributed by atoms with E-state index in [2.05, 4.69) is 4.98 Å². The highest BCUT2D eigenvalue weighted by atomic mass is 16.5. The van der Waals surface area contributed by atoms with Crippen LogP contribution in [0.5, 0.6) is 5.75 Å². The van der Waals surface area contributed by atoms with E-state index in [1.807, 2.05) is 44.9 Å². The van der Waals surface area contributed by atoms with E-state index in [4.69, 9.17) is 9.84 Å². The quantitative estimate of drug-likeness (QED) is 0.826. The summed E-state index contributed by atoms with van der Waals surface area (Å²) in [7, 11) is 1.90. The molecule has 0 aliphatic rings. The number of anilines is 1. The van der Waals surface area contributed by atoms with Crippen LogP contribution >= 0.6 is 0 Å². The minimum Gasteiger partial charge on any atom is -0.487 e. The van der Waals surface area contributed by atoms with Crippen LogP contribution in [-0.4, -0.2) is 35.9 Å². The van der Waals surface area contributed by atoms with Gasteiger partial charge in [-0.1, -0.05) is 0 Å². The average Bonchev–Trinajstić information content (AvgIpc) is 2.27. The molecule has 1 unspecified atom stereocenters. The molecular formula is C12H20N2O2. The molecular weight excluding hydrogens is 204 g/mol. The van der Waals surface area contributed by atoms with Gasteiger partial charge in [0.25, 0.3) is 0 Å². The van der Waals surface area contributed by atoms with Gasteiger partial charge in [-0.25, -0.2) is 4.98 Å². The monoisotopic (exact) mass is 224 g/mol. The van der Waals surface area contributed by atoms with Crippen molar-refractivity contribution in [1.29, 1.82) is 0 Å². The third-order valence-corrected chi connectivity index (χ3v) is 2.37. The summed E-state index contributed by atoms with van der Waals surface area (Å²) in [6.45, 7) is 5.99. The molecule has 0 aromatic carbocycles. The summed E-state index contributed by atoms with van der Waals surface area (Å²) in [4.78, 5) is 6.20. The maximum atomic E-state index is 9.13. The second-order valence-corrected chi connectivity index (χ2v) is 4.13. The van der Waals surface area contributed by atoms with Crippen molar-refractivity contribution in [2.24, 2.45) is 0 Å². The van der Waals surface area contributed by atoms with Crippen LogP contribution < -0.4 is 9.64 Å². The van der Waals surface area contributed by atoms with E-state index in [1.165, 1.54) is 0 Å². The number of nitrogens with zero attached hydrogens (tertiary/aromatic N) is 2. The van der Waals surface area contributed by atoms with Crippen molar-refractivity contribution in [3.8, 4) is 5.75 Å². The molecule has 0 aliphatic heterocycles. The van der Waals surface area contributed by atoms with Crippen LogP contribution in [0.25, 0.3) is 0 Å². The molecule has 1 aromatic rings. The van der Waals surface area contributed by atoms with E-state index in [-0.39, 0.29) is 18.8 Å². The fourth-order valence-corrected chi connectivity index (χ4v) is 1.32. The van der Waals surface area contributed by atoms with Gasteiger partial charge in [-0.15, -0.1) is 0 Å². The second kappa shape index (κ2) is 5.70. The fourth-order valence-electron chi connectivity index (χ4n) is 1.32. The molecule has 0 bridgehead atoms. The van der Waals surface area contributed by atoms with Gasteiger partial charge in [-0.3, -0.25) is 0 Å². The van der Waals surface area contributed by atoms with E-state index in [0.717, 1.165) is 11.6 Å². The Morgan fingerprint density at radius 2 is 2.12 bits per heavy atom. The predicted octanol–water partition coefficient (Wildman–Crippen LogP) is 1.69. The van der Waals surface area contributed by atoms with Gasteiger partial charge in [0.1, 0.15) is 0 Å². The molecule has 1 aromatic heterocycles. The molecule has 0 spiro atoms. The van der Waals surface area contributed by atoms with Gasteiger partial charge in [0.15, 0.2) is 11.6 Å². The summed E-state index contributed by atoms with van der Waals surface area (Å²) in [6.07, 6.45) is 1.84. The Kier molecular flexibility index (Phi) is 4.55. The Balaban J connectivity index is 2.93. The van der Waals surface area contributed by atoms with Crippen molar-refractivity contribution in [2.75, 3.05) is 18.6 Å². The van der Waals surface area contributed by atoms with Crippen LogP contribution in [0, 0.1) is 0 Å². The number of aromatic nitrogens is 1. The van der Waals surface area contributed by atoms with Gasteiger partial charge in [0.05, 0.1) is 18.8 Å². The number of hydrogen-bond acceptors (Lipinski definition) is 4. The zero-order valence-electron chi connectivity index (χ0n) is 10.3. The molecule has 1 N–H and O–H groups in total. The van der Waals surface area contributed by atoms with Gasteiger partial charge < -0.3 is 14.7 Å². The summed E-state index contributed by atoms with van der Waals surface area (Å²) in [5.41, 5.74) is 0. The van der Waals surface area contributed by atoms with Crippen LogP contribution in [0.3, 0.4) is 0 Å². The van der Waals surface area contributed by atoms with E-state index < -0.39 is 0 Å². The van der Waals surface area contributed by atoms with Crippen LogP contribution in [-0.2, 0) is 0 Å². The highest BCUT2D eigenvalue weighted by Crippen LogP contribution is 2.26. The molecule has 16 heavy (non-hydrogen) atoms. The van der Waals surface area contributed by atoms with Crippen LogP contribution in [0.1, 0.15) is 20.8 Å². The molecule has 1 rings (SSSR count). The van der Waals surface area contributed by atoms with Crippen LogP contribution in [0.15, 0.2) is 18.3 Å². The highest BCUT2D eigenvalue weighted by molar-refractivity contribution is 5.52. The van der Waals surface area contributed by atoms with Crippen LogP contribution in [0.4, 0.5) is 5.82 Å². The van der Waals surface area contributed by atoms with E-state index in [9.17, 15) is 0 Å². The molecule has 4 heteroatoms. The molecule has 0 radical (unpaired) electrons. The second-order valence-electron chi connectivity index (χ2n) is 4.13. The average molecular weight is 224 g/mol. The van der Waals surface area contributed by atoms with Crippen LogP contribution in [0.2, 0.25) is 0 Å². The molecule has 0 aliphatic carbocycles. The maximum Gasteiger partial charge on any atom is 0.171 e. The summed E-state index contributed by atoms with van der Waals surface area (Å²) in [5.74, 6) is 1.51. The Hall–Kier alpha value is -1.29. The molecule has 0 fully saturated rings. The third kappa shape index (κ3) is 3.10. The van der Waals surface area contributed by atoms with Gasteiger partial charge in [-0.2, -0.15) is 0 Å². The van der Waals surface area contributed by atoms with E-state index in [0.29, 0.717) is 0 Å². The number of aliphatic hydroxyl groups is 1. The summed E-state index contributed by atoms with van der Waals surface area (Å²) in [5, 5.41) is 9.13. The van der Waals surface area contributed by atoms with Crippen molar-refractivity contribution in [2.45, 2.75) is 32.9 Å². The lowest BCUT2D eigenvalue weighted by atomic mass is 10.3. The van der Waals surface area contributed by atoms with Crippen molar-refractivity contribution < 1.29 is 9.84 Å². The molecule has 0 saturated carbocycles. The van der Waals surface area contributed by atoms with Crippen molar-refractivity contribution >= 4 is 5.82 Å². The number of likely N-dealkylation sites (N-methyl/N-ethyl adjacent to an activating group) is 1. The predicted molar refractivity (Wildman–Crippen MR) is 65.0 cm³/mol. The maximum absolute atomic E-state index is 9.13. The van der Waals surface area contributed by atoms with Gasteiger partial charge >= 0.3 is 0 Å². The van der Waals surface area contributed by atoms with Gasteiger partial charge in [0.2, 0.25) is 0 Å². The smallest absolute Gasteiger partial charge is 0.171 e. The SMILES string of the molecule is CC(C)Oc1cccnc1N(C)C(C)CO. The minimum absolute atomic E-state index is 0.0180. The van der Waals surface area contributed by atoms with Gasteiger partial charge in [-0.05, 0) is 32.9 Å². The summed E-state index contributed by atoms with van der Waals surface area (Å²) >= 11 is 0. The lowest BCUT2D eigenvalue weighted by Crippen LogP contribution is -2.33. The first kappa shape index (κ1) is 12.8. The topological polar surface area (TPSA) is 45.6 Å². The standard InChI is InChI=1S/C12H20N2O2/c1-9(2)16-11-6-5-7-13-12(11)14(4)10(3)8-15/h5-7,9-10,15H,8H2,1-4H3. The Morgan fingerprint density at radius 1 is 1.44 bits per heavy atom. The Bertz CT molecular complexity index is 329.